The topological polar surface area (TPSA) is 24.1 Å². The zero-order chi connectivity index (χ0) is 9.10. The summed E-state index contributed by atoms with van der Waals surface area (Å²) in [4.78, 5) is 0. The van der Waals surface area contributed by atoms with Crippen molar-refractivity contribution in [2.45, 2.75) is 37.9 Å². The molecule has 2 rings (SSSR count). The maximum atomic E-state index is 13.5. The summed E-state index contributed by atoms with van der Waals surface area (Å²) in [6.07, 6.45) is 3.53. The van der Waals surface area contributed by atoms with Crippen molar-refractivity contribution < 1.29 is 4.39 Å². The average molecular weight is 186 g/mol. The molecule has 0 amide bonds. The number of rotatable bonds is 1. The van der Waals surface area contributed by atoms with Crippen molar-refractivity contribution in [2.24, 2.45) is 5.92 Å². The van der Waals surface area contributed by atoms with Crippen molar-refractivity contribution in [1.29, 1.82) is 0 Å². The van der Waals surface area contributed by atoms with Crippen LogP contribution in [-0.2, 0) is 0 Å². The van der Waals surface area contributed by atoms with Gasteiger partial charge in [0.05, 0.1) is 0 Å². The molecular formula is C10H19FN2. The average Bonchev–Trinajstić information content (AvgIpc) is 2.20. The summed E-state index contributed by atoms with van der Waals surface area (Å²) in [6.45, 7) is 3.11. The number of hydrogen-bond acceptors (Lipinski definition) is 2. The van der Waals surface area contributed by atoms with Gasteiger partial charge in [-0.3, -0.25) is 0 Å². The van der Waals surface area contributed by atoms with Crippen molar-refractivity contribution in [3.05, 3.63) is 0 Å². The van der Waals surface area contributed by atoms with E-state index in [2.05, 4.69) is 10.6 Å². The maximum Gasteiger partial charge on any atom is 0.116 e. The smallest absolute Gasteiger partial charge is 0.116 e. The van der Waals surface area contributed by atoms with Crippen LogP contribution in [0.2, 0.25) is 0 Å². The third-order valence-electron chi connectivity index (χ3n) is 3.27. The van der Waals surface area contributed by atoms with Crippen molar-refractivity contribution in [2.75, 3.05) is 19.6 Å². The van der Waals surface area contributed by atoms with Crippen LogP contribution in [0.25, 0.3) is 0 Å². The predicted octanol–water partition coefficient (Wildman–Crippen LogP) is 1.08. The van der Waals surface area contributed by atoms with E-state index in [0.29, 0.717) is 5.92 Å². The minimum atomic E-state index is -0.612. The van der Waals surface area contributed by atoms with Gasteiger partial charge in [-0.25, -0.2) is 4.39 Å². The standard InChI is InChI=1S/C10H19FN2/c11-9-4-2-6-13-10(9)8-3-1-5-12-7-8/h8-10,12-13H,1-7H2. The molecule has 0 aliphatic carbocycles. The molecule has 0 saturated carbocycles. The van der Waals surface area contributed by atoms with Gasteiger partial charge in [0, 0.05) is 6.04 Å². The Morgan fingerprint density at radius 2 is 1.92 bits per heavy atom. The molecule has 0 aromatic rings. The molecule has 0 aromatic heterocycles. The Morgan fingerprint density at radius 1 is 1.08 bits per heavy atom. The molecule has 2 aliphatic rings. The second-order valence-electron chi connectivity index (χ2n) is 4.24. The van der Waals surface area contributed by atoms with Crippen LogP contribution in [-0.4, -0.2) is 31.8 Å². The van der Waals surface area contributed by atoms with E-state index in [1.807, 2.05) is 0 Å². The third kappa shape index (κ3) is 2.20. The lowest BCUT2D eigenvalue weighted by Crippen LogP contribution is -2.51. The molecule has 0 bridgehead atoms. The van der Waals surface area contributed by atoms with Crippen molar-refractivity contribution >= 4 is 0 Å². The summed E-state index contributed by atoms with van der Waals surface area (Å²) in [7, 11) is 0. The Kier molecular flexibility index (Phi) is 3.17. The number of nitrogens with one attached hydrogen (secondary N) is 2. The van der Waals surface area contributed by atoms with Gasteiger partial charge in [0.1, 0.15) is 6.17 Å². The van der Waals surface area contributed by atoms with E-state index in [0.717, 1.165) is 32.5 Å². The summed E-state index contributed by atoms with van der Waals surface area (Å²) in [5.41, 5.74) is 0. The molecule has 2 nitrogen and oxygen atoms in total. The van der Waals surface area contributed by atoms with E-state index >= 15 is 0 Å². The molecule has 0 aromatic carbocycles. The maximum absolute atomic E-state index is 13.5. The van der Waals surface area contributed by atoms with E-state index in [9.17, 15) is 4.39 Å². The Bertz CT molecular complexity index is 157. The van der Waals surface area contributed by atoms with Crippen LogP contribution in [0, 0.1) is 5.92 Å². The normalized spacial score (nSPS) is 41.8. The van der Waals surface area contributed by atoms with Crippen molar-refractivity contribution in [3.8, 4) is 0 Å². The molecule has 2 aliphatic heterocycles. The van der Waals surface area contributed by atoms with Gasteiger partial charge >= 0.3 is 0 Å². The molecule has 0 radical (unpaired) electrons. The highest BCUT2D eigenvalue weighted by Crippen LogP contribution is 2.23. The predicted molar refractivity (Wildman–Crippen MR) is 51.5 cm³/mol. The largest absolute Gasteiger partial charge is 0.316 e. The summed E-state index contributed by atoms with van der Waals surface area (Å²) in [6, 6.07) is 0.126. The third-order valence-corrected chi connectivity index (χ3v) is 3.27. The fourth-order valence-electron chi connectivity index (χ4n) is 2.52. The molecular weight excluding hydrogens is 167 g/mol. The SMILES string of the molecule is FC1CCCNC1C1CCCNC1. The lowest BCUT2D eigenvalue weighted by atomic mass is 9.86. The van der Waals surface area contributed by atoms with Gasteiger partial charge in [-0.15, -0.1) is 0 Å². The first-order valence-electron chi connectivity index (χ1n) is 5.46. The van der Waals surface area contributed by atoms with Crippen LogP contribution in [0.5, 0.6) is 0 Å². The molecule has 76 valence electrons. The zero-order valence-electron chi connectivity index (χ0n) is 8.06. The Morgan fingerprint density at radius 3 is 2.62 bits per heavy atom. The van der Waals surface area contributed by atoms with Gasteiger partial charge in [-0.2, -0.15) is 0 Å². The fraction of sp³-hybridized carbons (Fsp3) is 1.00. The molecule has 3 heteroatoms. The first kappa shape index (κ1) is 9.41. The Balaban J connectivity index is 1.88. The molecule has 2 saturated heterocycles. The molecule has 2 N–H and O–H groups in total. The highest BCUT2D eigenvalue weighted by molar-refractivity contribution is 4.89. The number of piperidine rings is 2. The van der Waals surface area contributed by atoms with Gasteiger partial charge < -0.3 is 10.6 Å². The Labute approximate surface area is 79.3 Å². The minimum absolute atomic E-state index is 0.126. The molecule has 2 heterocycles. The molecule has 2 fully saturated rings. The van der Waals surface area contributed by atoms with Crippen LogP contribution in [0.4, 0.5) is 4.39 Å². The highest BCUT2D eigenvalue weighted by Gasteiger charge is 2.32. The van der Waals surface area contributed by atoms with Gasteiger partial charge in [-0.05, 0) is 51.2 Å². The number of halogens is 1. The van der Waals surface area contributed by atoms with Crippen LogP contribution >= 0.6 is 0 Å². The van der Waals surface area contributed by atoms with E-state index in [4.69, 9.17) is 0 Å². The lowest BCUT2D eigenvalue weighted by molar-refractivity contribution is 0.136. The molecule has 3 unspecified atom stereocenters. The van der Waals surface area contributed by atoms with Crippen LogP contribution < -0.4 is 10.6 Å². The van der Waals surface area contributed by atoms with Gasteiger partial charge in [0.2, 0.25) is 0 Å². The lowest BCUT2D eigenvalue weighted by Gasteiger charge is -2.36. The summed E-state index contributed by atoms with van der Waals surface area (Å²) < 4.78 is 13.5. The van der Waals surface area contributed by atoms with Gasteiger partial charge in [-0.1, -0.05) is 0 Å². The zero-order valence-corrected chi connectivity index (χ0v) is 8.06. The molecule has 3 atom stereocenters. The Hall–Kier alpha value is -0.150. The van der Waals surface area contributed by atoms with E-state index in [1.165, 1.54) is 12.8 Å². The number of hydrogen-bond donors (Lipinski definition) is 2. The van der Waals surface area contributed by atoms with Crippen LogP contribution in [0.15, 0.2) is 0 Å². The van der Waals surface area contributed by atoms with E-state index in [1.54, 1.807) is 0 Å². The molecule has 13 heavy (non-hydrogen) atoms. The first-order chi connectivity index (χ1) is 6.38. The summed E-state index contributed by atoms with van der Waals surface area (Å²) in [5.74, 6) is 0.518. The first-order valence-corrected chi connectivity index (χ1v) is 5.46. The van der Waals surface area contributed by atoms with E-state index in [-0.39, 0.29) is 6.04 Å². The minimum Gasteiger partial charge on any atom is -0.316 e. The van der Waals surface area contributed by atoms with Crippen LogP contribution in [0.1, 0.15) is 25.7 Å². The van der Waals surface area contributed by atoms with E-state index < -0.39 is 6.17 Å². The van der Waals surface area contributed by atoms with Gasteiger partial charge in [0.25, 0.3) is 0 Å². The molecule has 0 spiro atoms. The quantitative estimate of drug-likeness (QED) is 0.640. The van der Waals surface area contributed by atoms with Gasteiger partial charge in [0.15, 0.2) is 0 Å². The van der Waals surface area contributed by atoms with Crippen molar-refractivity contribution in [3.63, 3.8) is 0 Å². The monoisotopic (exact) mass is 186 g/mol. The van der Waals surface area contributed by atoms with Crippen molar-refractivity contribution in [1.82, 2.24) is 10.6 Å². The number of alkyl halides is 1. The summed E-state index contributed by atoms with van der Waals surface area (Å²) in [5, 5.41) is 6.67. The second-order valence-corrected chi connectivity index (χ2v) is 4.24. The van der Waals surface area contributed by atoms with Crippen LogP contribution in [0.3, 0.4) is 0 Å². The second kappa shape index (κ2) is 4.38. The summed E-state index contributed by atoms with van der Waals surface area (Å²) >= 11 is 0. The highest BCUT2D eigenvalue weighted by atomic mass is 19.1. The fourth-order valence-corrected chi connectivity index (χ4v) is 2.52.